The minimum absolute atomic E-state index is 0.945. The highest BCUT2D eigenvalue weighted by Gasteiger charge is 2.24. The molecule has 0 bridgehead atoms. The molecular formula is C14H19N3. The van der Waals surface area contributed by atoms with Gasteiger partial charge >= 0.3 is 0 Å². The molecule has 17 heavy (non-hydrogen) atoms. The number of rotatable bonds is 0. The quantitative estimate of drug-likeness (QED) is 0.739. The van der Waals surface area contributed by atoms with Gasteiger partial charge in [-0.15, -0.1) is 0 Å². The van der Waals surface area contributed by atoms with E-state index in [0.29, 0.717) is 0 Å². The van der Waals surface area contributed by atoms with Crippen molar-refractivity contribution in [3.05, 3.63) is 35.2 Å². The van der Waals surface area contributed by atoms with E-state index in [0.717, 1.165) is 32.5 Å². The van der Waals surface area contributed by atoms with E-state index in [1.807, 2.05) is 0 Å². The van der Waals surface area contributed by atoms with Gasteiger partial charge in [0.25, 0.3) is 0 Å². The summed E-state index contributed by atoms with van der Waals surface area (Å²) in [5.41, 5.74) is 6.50. The molecule has 2 aliphatic heterocycles. The normalized spacial score (nSPS) is 22.2. The molecule has 0 atom stereocenters. The number of fused-ring (bicyclic) bond motifs is 3. The molecular weight excluding hydrogens is 210 g/mol. The Hall–Kier alpha value is -1.35. The summed E-state index contributed by atoms with van der Waals surface area (Å²) >= 11 is 0. The zero-order valence-corrected chi connectivity index (χ0v) is 10.4. The molecule has 3 rings (SSSR count). The first-order valence-electron chi connectivity index (χ1n) is 6.45. The largest absolute Gasteiger partial charge is 0.312 e. The molecule has 3 nitrogen and oxygen atoms in total. The van der Waals surface area contributed by atoms with Crippen LogP contribution in [0.25, 0.3) is 5.57 Å². The summed E-state index contributed by atoms with van der Waals surface area (Å²) in [7, 11) is 0. The summed E-state index contributed by atoms with van der Waals surface area (Å²) in [6.45, 7) is 9.42. The summed E-state index contributed by atoms with van der Waals surface area (Å²) in [4.78, 5) is 0. The summed E-state index contributed by atoms with van der Waals surface area (Å²) in [6, 6.07) is 0. The molecule has 1 aromatic heterocycles. The predicted octanol–water partition coefficient (Wildman–Crippen LogP) is 2.28. The second-order valence-corrected chi connectivity index (χ2v) is 4.82. The van der Waals surface area contributed by atoms with Gasteiger partial charge in [-0.1, -0.05) is 12.7 Å². The third-order valence-corrected chi connectivity index (χ3v) is 3.81. The Bertz CT molecular complexity index is 494. The molecule has 90 valence electrons. The molecule has 1 aromatic rings. The van der Waals surface area contributed by atoms with E-state index in [1.54, 1.807) is 0 Å². The molecule has 0 radical (unpaired) electrons. The van der Waals surface area contributed by atoms with Crippen molar-refractivity contribution in [3.8, 4) is 0 Å². The predicted molar refractivity (Wildman–Crippen MR) is 69.7 cm³/mol. The van der Waals surface area contributed by atoms with Crippen LogP contribution in [0, 0.1) is 0 Å². The Balaban J connectivity index is 2.14. The number of nitrogens with one attached hydrogen (secondary N) is 1. The lowest BCUT2D eigenvalue weighted by Crippen LogP contribution is -2.23. The molecule has 0 fully saturated rings. The van der Waals surface area contributed by atoms with Crippen LogP contribution in [0.5, 0.6) is 0 Å². The summed E-state index contributed by atoms with van der Waals surface area (Å²) in [6.07, 6.45) is 5.54. The highest BCUT2D eigenvalue weighted by molar-refractivity contribution is 5.78. The van der Waals surface area contributed by atoms with Crippen molar-refractivity contribution in [2.75, 3.05) is 6.54 Å². The van der Waals surface area contributed by atoms with Crippen LogP contribution in [0.3, 0.4) is 0 Å². The van der Waals surface area contributed by atoms with Crippen molar-refractivity contribution in [2.45, 2.75) is 39.3 Å². The molecule has 0 amide bonds. The number of nitrogens with zero attached hydrogens (tertiary/aromatic N) is 2. The van der Waals surface area contributed by atoms with E-state index in [4.69, 9.17) is 5.10 Å². The fourth-order valence-corrected chi connectivity index (χ4v) is 2.90. The molecule has 0 aromatic carbocycles. The van der Waals surface area contributed by atoms with Gasteiger partial charge in [-0.05, 0) is 30.9 Å². The monoisotopic (exact) mass is 229 g/mol. The Labute approximate surface area is 102 Å². The molecule has 0 saturated heterocycles. The van der Waals surface area contributed by atoms with Crippen molar-refractivity contribution >= 4 is 5.57 Å². The zero-order valence-electron chi connectivity index (χ0n) is 10.4. The fourth-order valence-electron chi connectivity index (χ4n) is 2.90. The lowest BCUT2D eigenvalue weighted by molar-refractivity contribution is 0.575. The summed E-state index contributed by atoms with van der Waals surface area (Å²) < 4.78 is 2.18. The SMILES string of the molecule is C=C1C(=CC)CCCn2nc3c(c21)CNCC3. The lowest BCUT2D eigenvalue weighted by atomic mass is 9.96. The van der Waals surface area contributed by atoms with Crippen molar-refractivity contribution in [2.24, 2.45) is 0 Å². The molecule has 1 N–H and O–H groups in total. The molecule has 3 heterocycles. The third kappa shape index (κ3) is 1.65. The number of aryl methyl sites for hydroxylation is 1. The average molecular weight is 229 g/mol. The zero-order chi connectivity index (χ0) is 11.8. The second kappa shape index (κ2) is 4.15. The number of allylic oxidation sites excluding steroid dienone is 3. The van der Waals surface area contributed by atoms with Crippen molar-refractivity contribution < 1.29 is 0 Å². The Kier molecular flexibility index (Phi) is 2.63. The number of aromatic nitrogens is 2. The first kappa shape index (κ1) is 10.8. The number of hydrogen-bond donors (Lipinski definition) is 1. The van der Waals surface area contributed by atoms with Crippen LogP contribution in [0.4, 0.5) is 0 Å². The highest BCUT2D eigenvalue weighted by atomic mass is 15.3. The maximum absolute atomic E-state index is 4.76. The number of hydrogen-bond acceptors (Lipinski definition) is 2. The van der Waals surface area contributed by atoms with Crippen LogP contribution in [-0.4, -0.2) is 16.3 Å². The standard InChI is InChI=1S/C14H19N3/c1-3-11-5-4-8-17-14(10(11)2)12-9-15-7-6-13(12)16-17/h3,15H,2,4-9H2,1H3. The highest BCUT2D eigenvalue weighted by Crippen LogP contribution is 2.33. The summed E-state index contributed by atoms with van der Waals surface area (Å²) in [5, 5.41) is 8.20. The van der Waals surface area contributed by atoms with Crippen LogP contribution in [-0.2, 0) is 19.5 Å². The van der Waals surface area contributed by atoms with Gasteiger partial charge in [-0.3, -0.25) is 4.68 Å². The maximum atomic E-state index is 4.76. The minimum atomic E-state index is 0.945. The van der Waals surface area contributed by atoms with Crippen molar-refractivity contribution in [1.29, 1.82) is 0 Å². The van der Waals surface area contributed by atoms with Gasteiger partial charge in [0.05, 0.1) is 11.4 Å². The Morgan fingerprint density at radius 1 is 1.41 bits per heavy atom. The summed E-state index contributed by atoms with van der Waals surface area (Å²) in [5.74, 6) is 0. The third-order valence-electron chi connectivity index (χ3n) is 3.81. The Morgan fingerprint density at radius 3 is 3.12 bits per heavy atom. The second-order valence-electron chi connectivity index (χ2n) is 4.82. The maximum Gasteiger partial charge on any atom is 0.0726 e. The molecule has 0 unspecified atom stereocenters. The molecule has 0 spiro atoms. The van der Waals surface area contributed by atoms with E-state index in [2.05, 4.69) is 29.6 Å². The lowest BCUT2D eigenvalue weighted by Gasteiger charge is -2.14. The van der Waals surface area contributed by atoms with E-state index in [-0.39, 0.29) is 0 Å². The average Bonchev–Trinajstić information content (AvgIpc) is 2.64. The van der Waals surface area contributed by atoms with E-state index in [1.165, 1.54) is 34.5 Å². The van der Waals surface area contributed by atoms with Gasteiger partial charge in [0.15, 0.2) is 0 Å². The molecule has 0 saturated carbocycles. The fraction of sp³-hybridized carbons (Fsp3) is 0.500. The molecule has 2 aliphatic rings. The van der Waals surface area contributed by atoms with Gasteiger partial charge in [-0.25, -0.2) is 0 Å². The van der Waals surface area contributed by atoms with Gasteiger partial charge in [0, 0.05) is 31.6 Å². The van der Waals surface area contributed by atoms with Gasteiger partial charge in [0.2, 0.25) is 0 Å². The molecule has 3 heteroatoms. The smallest absolute Gasteiger partial charge is 0.0726 e. The van der Waals surface area contributed by atoms with Crippen LogP contribution in [0.15, 0.2) is 18.2 Å². The first-order chi connectivity index (χ1) is 8.31. The van der Waals surface area contributed by atoms with E-state index in [9.17, 15) is 0 Å². The van der Waals surface area contributed by atoms with Crippen molar-refractivity contribution in [3.63, 3.8) is 0 Å². The van der Waals surface area contributed by atoms with Crippen LogP contribution in [0.2, 0.25) is 0 Å². The van der Waals surface area contributed by atoms with Crippen LogP contribution >= 0.6 is 0 Å². The first-order valence-corrected chi connectivity index (χ1v) is 6.45. The molecule has 0 aliphatic carbocycles. The van der Waals surface area contributed by atoms with E-state index < -0.39 is 0 Å². The van der Waals surface area contributed by atoms with Crippen LogP contribution < -0.4 is 5.32 Å². The van der Waals surface area contributed by atoms with Crippen molar-refractivity contribution in [1.82, 2.24) is 15.1 Å². The Morgan fingerprint density at radius 2 is 2.29 bits per heavy atom. The van der Waals surface area contributed by atoms with Gasteiger partial charge < -0.3 is 5.32 Å². The van der Waals surface area contributed by atoms with E-state index >= 15 is 0 Å². The minimum Gasteiger partial charge on any atom is -0.312 e. The van der Waals surface area contributed by atoms with Gasteiger partial charge in [-0.2, -0.15) is 5.10 Å². The topological polar surface area (TPSA) is 29.9 Å². The van der Waals surface area contributed by atoms with Crippen LogP contribution in [0.1, 0.15) is 36.7 Å². The van der Waals surface area contributed by atoms with Gasteiger partial charge in [0.1, 0.15) is 0 Å².